The van der Waals surface area contributed by atoms with E-state index in [4.69, 9.17) is 0 Å². The summed E-state index contributed by atoms with van der Waals surface area (Å²) in [6, 6.07) is 8.43. The smallest absolute Gasteiger partial charge is 0.0379 e. The van der Waals surface area contributed by atoms with E-state index < -0.39 is 0 Å². The number of fused-ring (bicyclic) bond motifs is 1. The van der Waals surface area contributed by atoms with Gasteiger partial charge in [0.15, 0.2) is 0 Å². The number of benzene rings is 1. The van der Waals surface area contributed by atoms with Crippen LogP contribution >= 0.6 is 0 Å². The topological polar surface area (TPSA) is 12.9 Å². The van der Waals surface area contributed by atoms with Crippen LogP contribution in [0.25, 0.3) is 10.8 Å². The molecule has 0 unspecified atom stereocenters. The Bertz CT molecular complexity index is 472. The maximum atomic E-state index is 4.28. The third kappa shape index (κ3) is 1.53. The van der Waals surface area contributed by atoms with Crippen LogP contribution in [0.3, 0.4) is 0 Å². The molecule has 2 rings (SSSR count). The molecule has 0 fully saturated rings. The standard InChI is InChI=1S/C13H13N/c1-3-5-11-6-4-7-12-9-14-10(2)8-13(11)12/h3-4,6-9H,1,5H2,2H3. The first-order valence-electron chi connectivity index (χ1n) is 4.76. The third-order valence-electron chi connectivity index (χ3n) is 2.35. The second-order valence-electron chi connectivity index (χ2n) is 3.46. The average molecular weight is 183 g/mol. The van der Waals surface area contributed by atoms with Gasteiger partial charge in [0.25, 0.3) is 0 Å². The van der Waals surface area contributed by atoms with E-state index in [-0.39, 0.29) is 0 Å². The van der Waals surface area contributed by atoms with Crippen molar-refractivity contribution >= 4 is 10.8 Å². The van der Waals surface area contributed by atoms with Crippen molar-refractivity contribution in [2.24, 2.45) is 0 Å². The minimum Gasteiger partial charge on any atom is -0.261 e. The fourth-order valence-electron chi connectivity index (χ4n) is 1.67. The maximum absolute atomic E-state index is 4.28. The van der Waals surface area contributed by atoms with Crippen molar-refractivity contribution in [1.82, 2.24) is 4.98 Å². The number of allylic oxidation sites excluding steroid dienone is 1. The van der Waals surface area contributed by atoms with Crippen LogP contribution in [0.1, 0.15) is 11.3 Å². The molecule has 70 valence electrons. The lowest BCUT2D eigenvalue weighted by Crippen LogP contribution is -1.87. The van der Waals surface area contributed by atoms with Crippen molar-refractivity contribution in [1.29, 1.82) is 0 Å². The van der Waals surface area contributed by atoms with Crippen LogP contribution in [0.4, 0.5) is 0 Å². The van der Waals surface area contributed by atoms with Crippen molar-refractivity contribution in [2.75, 3.05) is 0 Å². The van der Waals surface area contributed by atoms with Gasteiger partial charge in [0.2, 0.25) is 0 Å². The fourth-order valence-corrected chi connectivity index (χ4v) is 1.67. The molecule has 0 aliphatic rings. The summed E-state index contributed by atoms with van der Waals surface area (Å²) in [5.41, 5.74) is 2.39. The molecule has 0 bridgehead atoms. The Kier molecular flexibility index (Phi) is 2.32. The van der Waals surface area contributed by atoms with Gasteiger partial charge in [-0.2, -0.15) is 0 Å². The van der Waals surface area contributed by atoms with Gasteiger partial charge in [0.05, 0.1) is 0 Å². The van der Waals surface area contributed by atoms with Gasteiger partial charge in [-0.15, -0.1) is 6.58 Å². The summed E-state index contributed by atoms with van der Waals surface area (Å²) in [4.78, 5) is 4.28. The zero-order chi connectivity index (χ0) is 9.97. The maximum Gasteiger partial charge on any atom is 0.0379 e. The molecule has 1 heterocycles. The highest BCUT2D eigenvalue weighted by molar-refractivity contribution is 5.85. The van der Waals surface area contributed by atoms with Crippen LogP contribution in [0.5, 0.6) is 0 Å². The van der Waals surface area contributed by atoms with Crippen molar-refractivity contribution in [2.45, 2.75) is 13.3 Å². The van der Waals surface area contributed by atoms with Crippen LogP contribution in [0, 0.1) is 6.92 Å². The van der Waals surface area contributed by atoms with Crippen molar-refractivity contribution < 1.29 is 0 Å². The molecule has 1 aromatic carbocycles. The second kappa shape index (κ2) is 3.62. The number of hydrogen-bond acceptors (Lipinski definition) is 1. The summed E-state index contributed by atoms with van der Waals surface area (Å²) in [5.74, 6) is 0. The molecule has 0 N–H and O–H groups in total. The minimum atomic E-state index is 0.917. The third-order valence-corrected chi connectivity index (χ3v) is 2.35. The molecule has 0 radical (unpaired) electrons. The van der Waals surface area contributed by atoms with Gasteiger partial charge in [0, 0.05) is 17.3 Å². The Labute approximate surface area is 84.1 Å². The van der Waals surface area contributed by atoms with Gasteiger partial charge in [-0.25, -0.2) is 0 Å². The van der Waals surface area contributed by atoms with Crippen molar-refractivity contribution in [3.8, 4) is 0 Å². The summed E-state index contributed by atoms with van der Waals surface area (Å²) in [6.07, 6.45) is 4.78. The molecule has 1 nitrogen and oxygen atoms in total. The summed E-state index contributed by atoms with van der Waals surface area (Å²) in [6.45, 7) is 5.79. The first-order valence-corrected chi connectivity index (χ1v) is 4.76. The van der Waals surface area contributed by atoms with Crippen LogP contribution in [-0.4, -0.2) is 4.98 Å². The first kappa shape index (κ1) is 8.95. The van der Waals surface area contributed by atoms with E-state index in [2.05, 4.69) is 35.8 Å². The van der Waals surface area contributed by atoms with E-state index in [9.17, 15) is 0 Å². The van der Waals surface area contributed by atoms with Gasteiger partial charge in [-0.05, 0) is 30.4 Å². The largest absolute Gasteiger partial charge is 0.261 e. The number of aryl methyl sites for hydroxylation is 1. The molecule has 0 spiro atoms. The molecule has 0 amide bonds. The summed E-state index contributed by atoms with van der Waals surface area (Å²) >= 11 is 0. The zero-order valence-electron chi connectivity index (χ0n) is 8.33. The van der Waals surface area contributed by atoms with Gasteiger partial charge in [0.1, 0.15) is 0 Å². The molecule has 1 aromatic heterocycles. The zero-order valence-corrected chi connectivity index (χ0v) is 8.33. The molecule has 0 saturated heterocycles. The highest BCUT2D eigenvalue weighted by atomic mass is 14.6. The Hall–Kier alpha value is -1.63. The number of hydrogen-bond donors (Lipinski definition) is 0. The van der Waals surface area contributed by atoms with Gasteiger partial charge in [-0.3, -0.25) is 4.98 Å². The lowest BCUT2D eigenvalue weighted by Gasteiger charge is -2.04. The second-order valence-corrected chi connectivity index (χ2v) is 3.46. The lowest BCUT2D eigenvalue weighted by atomic mass is 10.0. The summed E-state index contributed by atoms with van der Waals surface area (Å²) in [5, 5.41) is 2.50. The molecule has 0 saturated carbocycles. The van der Waals surface area contributed by atoms with Crippen LogP contribution in [-0.2, 0) is 6.42 Å². The number of rotatable bonds is 2. The van der Waals surface area contributed by atoms with Gasteiger partial charge in [-0.1, -0.05) is 24.3 Å². The quantitative estimate of drug-likeness (QED) is 0.651. The molecule has 0 atom stereocenters. The summed E-state index contributed by atoms with van der Waals surface area (Å²) < 4.78 is 0. The van der Waals surface area contributed by atoms with E-state index in [1.54, 1.807) is 0 Å². The molecule has 0 aliphatic heterocycles. The Balaban J connectivity index is 2.70. The van der Waals surface area contributed by atoms with Gasteiger partial charge >= 0.3 is 0 Å². The SMILES string of the molecule is C=CCc1cccc2cnc(C)cc12. The minimum absolute atomic E-state index is 0.917. The van der Waals surface area contributed by atoms with Crippen LogP contribution in [0.15, 0.2) is 43.1 Å². The van der Waals surface area contributed by atoms with E-state index in [1.807, 2.05) is 19.2 Å². The number of pyridine rings is 1. The number of aromatic nitrogens is 1. The Morgan fingerprint density at radius 2 is 2.29 bits per heavy atom. The fraction of sp³-hybridized carbons (Fsp3) is 0.154. The average Bonchev–Trinajstić information content (AvgIpc) is 2.19. The molecule has 1 heteroatoms. The van der Waals surface area contributed by atoms with E-state index in [1.165, 1.54) is 16.3 Å². The van der Waals surface area contributed by atoms with E-state index >= 15 is 0 Å². The predicted octanol–water partition coefficient (Wildman–Crippen LogP) is 3.27. The summed E-state index contributed by atoms with van der Waals surface area (Å²) in [7, 11) is 0. The molecule has 14 heavy (non-hydrogen) atoms. The predicted molar refractivity (Wildman–Crippen MR) is 60.4 cm³/mol. The van der Waals surface area contributed by atoms with Crippen LogP contribution in [0.2, 0.25) is 0 Å². The molecular formula is C13H13N. The molecule has 0 aliphatic carbocycles. The molecular weight excluding hydrogens is 170 g/mol. The normalized spacial score (nSPS) is 10.4. The lowest BCUT2D eigenvalue weighted by molar-refractivity contribution is 1.21. The van der Waals surface area contributed by atoms with Crippen LogP contribution < -0.4 is 0 Å². The van der Waals surface area contributed by atoms with Gasteiger partial charge < -0.3 is 0 Å². The van der Waals surface area contributed by atoms with E-state index in [0.717, 1.165) is 12.1 Å². The first-order chi connectivity index (χ1) is 6.81. The monoisotopic (exact) mass is 183 g/mol. The highest BCUT2D eigenvalue weighted by Gasteiger charge is 1.99. The van der Waals surface area contributed by atoms with E-state index in [0.29, 0.717) is 0 Å². The van der Waals surface area contributed by atoms with Crippen molar-refractivity contribution in [3.63, 3.8) is 0 Å². The van der Waals surface area contributed by atoms with Crippen molar-refractivity contribution in [3.05, 3.63) is 54.4 Å². The number of nitrogens with zero attached hydrogens (tertiary/aromatic N) is 1. The Morgan fingerprint density at radius 1 is 1.43 bits per heavy atom. The molecule has 2 aromatic rings. The highest BCUT2D eigenvalue weighted by Crippen LogP contribution is 2.19. The Morgan fingerprint density at radius 3 is 3.07 bits per heavy atom.